The predicted molar refractivity (Wildman–Crippen MR) is 121 cm³/mol. The summed E-state index contributed by atoms with van der Waals surface area (Å²) in [5.41, 5.74) is 1.81. The third kappa shape index (κ3) is 6.98. The van der Waals surface area contributed by atoms with Crippen molar-refractivity contribution in [1.29, 1.82) is 0 Å². The summed E-state index contributed by atoms with van der Waals surface area (Å²) in [6, 6.07) is 11.0. The van der Waals surface area contributed by atoms with Crippen molar-refractivity contribution in [3.8, 4) is 5.75 Å². The zero-order valence-electron chi connectivity index (χ0n) is 18.4. The number of nitrogens with zero attached hydrogens (tertiary/aromatic N) is 2. The minimum atomic E-state index is -0.396. The molecule has 1 atom stereocenters. The second-order valence-corrected chi connectivity index (χ2v) is 7.93. The number of ether oxygens (including phenoxy) is 1. The lowest BCUT2D eigenvalue weighted by molar-refractivity contribution is -0.122. The number of methoxy groups -OCH3 is 1. The quantitative estimate of drug-likeness (QED) is 0.679. The van der Waals surface area contributed by atoms with E-state index in [-0.39, 0.29) is 18.2 Å². The molecule has 7 heteroatoms. The maximum absolute atomic E-state index is 12.5. The van der Waals surface area contributed by atoms with E-state index < -0.39 is 6.04 Å². The SMILES string of the molecule is COc1ccc([C@@H](CC(=O)NCc2ccc(N3CCCCCC3)nc2)NC(C)=O)cc1. The Morgan fingerprint density at radius 2 is 1.77 bits per heavy atom. The highest BCUT2D eigenvalue weighted by Crippen LogP contribution is 2.21. The van der Waals surface area contributed by atoms with Crippen LogP contribution >= 0.6 is 0 Å². The fourth-order valence-electron chi connectivity index (χ4n) is 3.80. The van der Waals surface area contributed by atoms with Gasteiger partial charge in [-0.1, -0.05) is 31.0 Å². The molecular formula is C24H32N4O3. The first-order valence-corrected chi connectivity index (χ1v) is 10.9. The van der Waals surface area contributed by atoms with Gasteiger partial charge in [-0.05, 0) is 42.2 Å². The average Bonchev–Trinajstić information content (AvgIpc) is 3.07. The van der Waals surface area contributed by atoms with Gasteiger partial charge in [0, 0.05) is 32.8 Å². The monoisotopic (exact) mass is 424 g/mol. The van der Waals surface area contributed by atoms with Crippen LogP contribution < -0.4 is 20.3 Å². The van der Waals surface area contributed by atoms with E-state index in [1.807, 2.05) is 42.6 Å². The summed E-state index contributed by atoms with van der Waals surface area (Å²) in [6.45, 7) is 3.96. The zero-order chi connectivity index (χ0) is 22.1. The molecule has 0 saturated carbocycles. The van der Waals surface area contributed by atoms with Crippen molar-refractivity contribution in [2.75, 3.05) is 25.1 Å². The molecule has 2 aromatic rings. The number of carbonyl (C=O) groups is 2. The van der Waals surface area contributed by atoms with Crippen molar-refractivity contribution in [3.63, 3.8) is 0 Å². The normalized spacial score (nSPS) is 15.0. The van der Waals surface area contributed by atoms with Crippen LogP contribution in [0.5, 0.6) is 5.75 Å². The molecule has 1 aromatic heterocycles. The van der Waals surface area contributed by atoms with Crippen molar-refractivity contribution in [1.82, 2.24) is 15.6 Å². The molecule has 2 heterocycles. The summed E-state index contributed by atoms with van der Waals surface area (Å²) in [5, 5.41) is 5.79. The minimum Gasteiger partial charge on any atom is -0.497 e. The number of amides is 2. The van der Waals surface area contributed by atoms with E-state index in [2.05, 4.69) is 20.5 Å². The van der Waals surface area contributed by atoms with E-state index >= 15 is 0 Å². The van der Waals surface area contributed by atoms with Gasteiger partial charge in [-0.25, -0.2) is 4.98 Å². The van der Waals surface area contributed by atoms with Crippen LogP contribution in [0.1, 0.15) is 56.2 Å². The number of anilines is 1. The fraction of sp³-hybridized carbons (Fsp3) is 0.458. The van der Waals surface area contributed by atoms with Gasteiger partial charge in [0.1, 0.15) is 11.6 Å². The molecule has 166 valence electrons. The molecule has 31 heavy (non-hydrogen) atoms. The Kier molecular flexibility index (Phi) is 8.27. The van der Waals surface area contributed by atoms with Gasteiger partial charge in [-0.3, -0.25) is 9.59 Å². The molecule has 1 aliphatic heterocycles. The molecule has 0 spiro atoms. The van der Waals surface area contributed by atoms with Crippen LogP contribution in [0.2, 0.25) is 0 Å². The highest BCUT2D eigenvalue weighted by molar-refractivity contribution is 5.79. The number of carbonyl (C=O) groups excluding carboxylic acids is 2. The fourth-order valence-corrected chi connectivity index (χ4v) is 3.80. The van der Waals surface area contributed by atoms with Crippen LogP contribution in [0.25, 0.3) is 0 Å². The number of nitrogens with one attached hydrogen (secondary N) is 2. The first-order valence-electron chi connectivity index (χ1n) is 10.9. The summed E-state index contributed by atoms with van der Waals surface area (Å²) >= 11 is 0. The topological polar surface area (TPSA) is 83.6 Å². The van der Waals surface area contributed by atoms with Gasteiger partial charge >= 0.3 is 0 Å². The first-order chi connectivity index (χ1) is 15.0. The van der Waals surface area contributed by atoms with Crippen molar-refractivity contribution in [3.05, 3.63) is 53.7 Å². The molecule has 1 aliphatic rings. The Labute approximate surface area is 184 Å². The molecular weight excluding hydrogens is 392 g/mol. The maximum Gasteiger partial charge on any atom is 0.222 e. The Morgan fingerprint density at radius 3 is 2.35 bits per heavy atom. The Balaban J connectivity index is 1.54. The van der Waals surface area contributed by atoms with Crippen LogP contribution in [0.4, 0.5) is 5.82 Å². The third-order valence-corrected chi connectivity index (χ3v) is 5.51. The number of benzene rings is 1. The highest BCUT2D eigenvalue weighted by atomic mass is 16.5. The second kappa shape index (κ2) is 11.3. The lowest BCUT2D eigenvalue weighted by Gasteiger charge is -2.21. The van der Waals surface area contributed by atoms with Crippen LogP contribution in [0.15, 0.2) is 42.6 Å². The lowest BCUT2D eigenvalue weighted by atomic mass is 10.0. The van der Waals surface area contributed by atoms with Gasteiger partial charge < -0.3 is 20.3 Å². The molecule has 7 nitrogen and oxygen atoms in total. The number of rotatable bonds is 8. The van der Waals surface area contributed by atoms with Crippen LogP contribution in [0, 0.1) is 0 Å². The van der Waals surface area contributed by atoms with Gasteiger partial charge in [0.2, 0.25) is 11.8 Å². The van der Waals surface area contributed by atoms with E-state index in [9.17, 15) is 9.59 Å². The molecule has 1 saturated heterocycles. The summed E-state index contributed by atoms with van der Waals surface area (Å²) in [5.74, 6) is 1.42. The van der Waals surface area contributed by atoms with E-state index in [4.69, 9.17) is 4.74 Å². The van der Waals surface area contributed by atoms with Crippen molar-refractivity contribution in [2.45, 2.75) is 51.6 Å². The molecule has 0 unspecified atom stereocenters. The van der Waals surface area contributed by atoms with E-state index in [0.29, 0.717) is 6.54 Å². The predicted octanol–water partition coefficient (Wildman–Crippen LogP) is 3.35. The van der Waals surface area contributed by atoms with Gasteiger partial charge in [0.15, 0.2) is 0 Å². The molecule has 3 rings (SSSR count). The summed E-state index contributed by atoms with van der Waals surface area (Å²) in [6.07, 6.45) is 6.99. The second-order valence-electron chi connectivity index (χ2n) is 7.93. The van der Waals surface area contributed by atoms with E-state index in [0.717, 1.165) is 35.8 Å². The molecule has 2 amide bonds. The molecule has 0 aliphatic carbocycles. The zero-order valence-corrected chi connectivity index (χ0v) is 18.4. The summed E-state index contributed by atoms with van der Waals surface area (Å²) in [7, 11) is 1.60. The number of hydrogen-bond donors (Lipinski definition) is 2. The molecule has 0 radical (unpaired) electrons. The average molecular weight is 425 g/mol. The van der Waals surface area contributed by atoms with Crippen molar-refractivity contribution < 1.29 is 14.3 Å². The van der Waals surface area contributed by atoms with Gasteiger partial charge in [0.05, 0.1) is 19.6 Å². The molecule has 1 aromatic carbocycles. The van der Waals surface area contributed by atoms with Crippen molar-refractivity contribution in [2.24, 2.45) is 0 Å². The highest BCUT2D eigenvalue weighted by Gasteiger charge is 2.17. The Morgan fingerprint density at radius 1 is 1.06 bits per heavy atom. The van der Waals surface area contributed by atoms with Crippen LogP contribution in [-0.4, -0.2) is 37.0 Å². The minimum absolute atomic E-state index is 0.133. The summed E-state index contributed by atoms with van der Waals surface area (Å²) < 4.78 is 5.18. The number of hydrogen-bond acceptors (Lipinski definition) is 5. The van der Waals surface area contributed by atoms with E-state index in [1.54, 1.807) is 7.11 Å². The van der Waals surface area contributed by atoms with Crippen molar-refractivity contribution >= 4 is 17.6 Å². The van der Waals surface area contributed by atoms with Crippen LogP contribution in [-0.2, 0) is 16.1 Å². The molecule has 1 fully saturated rings. The Hall–Kier alpha value is -3.09. The Bertz CT molecular complexity index is 844. The van der Waals surface area contributed by atoms with Crippen LogP contribution in [0.3, 0.4) is 0 Å². The standard InChI is InChI=1S/C24H32N4O3/c1-18(29)27-22(20-8-10-21(31-2)11-9-20)15-24(30)26-17-19-7-12-23(25-16-19)28-13-5-3-4-6-14-28/h7-12,16,22H,3-6,13-15,17H2,1-2H3,(H,26,30)(H,27,29)/t22-/m1/s1. The largest absolute Gasteiger partial charge is 0.497 e. The smallest absolute Gasteiger partial charge is 0.222 e. The van der Waals surface area contributed by atoms with Gasteiger partial charge in [0.25, 0.3) is 0 Å². The van der Waals surface area contributed by atoms with Gasteiger partial charge in [-0.15, -0.1) is 0 Å². The maximum atomic E-state index is 12.5. The molecule has 0 bridgehead atoms. The lowest BCUT2D eigenvalue weighted by Crippen LogP contribution is -2.32. The van der Waals surface area contributed by atoms with Gasteiger partial charge in [-0.2, -0.15) is 0 Å². The molecule has 2 N–H and O–H groups in total. The number of aromatic nitrogens is 1. The van der Waals surface area contributed by atoms with E-state index in [1.165, 1.54) is 32.6 Å². The third-order valence-electron chi connectivity index (χ3n) is 5.51. The first kappa shape index (κ1) is 22.6. The number of pyridine rings is 1. The summed E-state index contributed by atoms with van der Waals surface area (Å²) in [4.78, 5) is 31.1.